The third-order valence-corrected chi connectivity index (χ3v) is 4.64. The molecule has 0 heterocycles. The molecule has 1 N–H and O–H groups in total. The Morgan fingerprint density at radius 1 is 1.20 bits per heavy atom. The largest absolute Gasteiger partial charge is 0.497 e. The number of hydrogen-bond acceptors (Lipinski definition) is 2. The van der Waals surface area contributed by atoms with Crippen LogP contribution in [0.4, 0.5) is 0 Å². The Hall–Kier alpha value is -1.02. The maximum absolute atomic E-state index is 5.19. The first-order valence-corrected chi connectivity index (χ1v) is 8.08. The number of ether oxygens (including phenoxy) is 1. The van der Waals surface area contributed by atoms with Crippen LogP contribution in [-0.4, -0.2) is 19.2 Å². The highest BCUT2D eigenvalue weighted by Crippen LogP contribution is 2.24. The van der Waals surface area contributed by atoms with Gasteiger partial charge in [0.05, 0.1) is 7.11 Å². The number of aryl methyl sites for hydroxylation is 1. The Kier molecular flexibility index (Phi) is 5.90. The van der Waals surface area contributed by atoms with Gasteiger partial charge in [-0.2, -0.15) is 0 Å². The summed E-state index contributed by atoms with van der Waals surface area (Å²) in [5.41, 5.74) is 1.40. The summed E-state index contributed by atoms with van der Waals surface area (Å²) in [5, 5.41) is 3.84. The van der Waals surface area contributed by atoms with Crippen molar-refractivity contribution in [2.75, 3.05) is 7.11 Å². The molecule has 0 saturated heterocycles. The summed E-state index contributed by atoms with van der Waals surface area (Å²) in [4.78, 5) is 0. The first kappa shape index (κ1) is 15.4. The lowest BCUT2D eigenvalue weighted by Crippen LogP contribution is -2.42. The molecule has 0 aliphatic heterocycles. The van der Waals surface area contributed by atoms with E-state index in [1.807, 2.05) is 0 Å². The van der Waals surface area contributed by atoms with E-state index in [0.717, 1.165) is 24.1 Å². The molecule has 0 aromatic heterocycles. The van der Waals surface area contributed by atoms with E-state index < -0.39 is 0 Å². The van der Waals surface area contributed by atoms with E-state index in [9.17, 15) is 0 Å². The highest BCUT2D eigenvalue weighted by Gasteiger charge is 2.22. The summed E-state index contributed by atoms with van der Waals surface area (Å²) in [5.74, 6) is 1.78. The van der Waals surface area contributed by atoms with Gasteiger partial charge in [-0.3, -0.25) is 0 Å². The molecular weight excluding hydrogens is 246 g/mol. The van der Waals surface area contributed by atoms with Crippen molar-refractivity contribution in [3.05, 3.63) is 29.8 Å². The summed E-state index contributed by atoms with van der Waals surface area (Å²) in [7, 11) is 1.71. The molecule has 20 heavy (non-hydrogen) atoms. The third kappa shape index (κ3) is 4.52. The topological polar surface area (TPSA) is 21.3 Å². The van der Waals surface area contributed by atoms with Crippen LogP contribution in [0.25, 0.3) is 0 Å². The van der Waals surface area contributed by atoms with Crippen LogP contribution in [0.2, 0.25) is 0 Å². The van der Waals surface area contributed by atoms with Gasteiger partial charge in [-0.15, -0.1) is 0 Å². The van der Waals surface area contributed by atoms with E-state index >= 15 is 0 Å². The van der Waals surface area contributed by atoms with Crippen molar-refractivity contribution >= 4 is 0 Å². The highest BCUT2D eigenvalue weighted by molar-refractivity contribution is 5.27. The fourth-order valence-corrected chi connectivity index (χ4v) is 3.19. The Balaban J connectivity index is 1.74. The minimum atomic E-state index is 0.600. The Bertz CT molecular complexity index is 387. The van der Waals surface area contributed by atoms with Gasteiger partial charge < -0.3 is 10.1 Å². The number of methoxy groups -OCH3 is 1. The molecular formula is C18H29NO. The molecule has 0 spiro atoms. The van der Waals surface area contributed by atoms with Gasteiger partial charge in [-0.25, -0.2) is 0 Å². The minimum absolute atomic E-state index is 0.600. The molecule has 1 aromatic rings. The van der Waals surface area contributed by atoms with Crippen LogP contribution in [0.5, 0.6) is 5.75 Å². The fraction of sp³-hybridized carbons (Fsp3) is 0.667. The summed E-state index contributed by atoms with van der Waals surface area (Å²) in [6, 6.07) is 9.79. The van der Waals surface area contributed by atoms with Gasteiger partial charge in [-0.1, -0.05) is 31.9 Å². The van der Waals surface area contributed by atoms with Crippen LogP contribution < -0.4 is 10.1 Å². The Labute approximate surface area is 123 Å². The predicted molar refractivity (Wildman–Crippen MR) is 85.3 cm³/mol. The van der Waals surface area contributed by atoms with Crippen molar-refractivity contribution in [2.45, 2.75) is 64.5 Å². The fourth-order valence-electron chi connectivity index (χ4n) is 3.19. The average Bonchev–Trinajstić information content (AvgIpc) is 2.48. The zero-order chi connectivity index (χ0) is 14.4. The van der Waals surface area contributed by atoms with E-state index in [0.29, 0.717) is 6.04 Å². The molecule has 0 radical (unpaired) electrons. The van der Waals surface area contributed by atoms with E-state index in [-0.39, 0.29) is 0 Å². The molecule has 1 aliphatic rings. The summed E-state index contributed by atoms with van der Waals surface area (Å²) in [6.07, 6.45) is 7.90. The zero-order valence-corrected chi connectivity index (χ0v) is 13.2. The number of nitrogens with one attached hydrogen (secondary N) is 1. The lowest BCUT2D eigenvalue weighted by molar-refractivity contribution is 0.258. The average molecular weight is 275 g/mol. The third-order valence-electron chi connectivity index (χ3n) is 4.64. The van der Waals surface area contributed by atoms with Crippen LogP contribution in [0.15, 0.2) is 24.3 Å². The Morgan fingerprint density at radius 3 is 2.55 bits per heavy atom. The van der Waals surface area contributed by atoms with E-state index in [1.165, 1.54) is 37.7 Å². The molecule has 1 aromatic carbocycles. The van der Waals surface area contributed by atoms with Crippen molar-refractivity contribution in [3.8, 4) is 5.75 Å². The van der Waals surface area contributed by atoms with Gasteiger partial charge in [-0.05, 0) is 56.2 Å². The first-order valence-electron chi connectivity index (χ1n) is 8.08. The molecule has 0 amide bonds. The normalized spacial score (nSPS) is 24.4. The molecule has 1 saturated carbocycles. The van der Waals surface area contributed by atoms with Crippen LogP contribution in [-0.2, 0) is 6.42 Å². The van der Waals surface area contributed by atoms with Gasteiger partial charge in [0.2, 0.25) is 0 Å². The monoisotopic (exact) mass is 275 g/mol. The number of benzene rings is 1. The number of hydrogen-bond donors (Lipinski definition) is 1. The van der Waals surface area contributed by atoms with Crippen molar-refractivity contribution in [3.63, 3.8) is 0 Å². The molecule has 2 nitrogen and oxygen atoms in total. The molecule has 1 fully saturated rings. The lowest BCUT2D eigenvalue weighted by atomic mass is 9.85. The smallest absolute Gasteiger partial charge is 0.118 e. The molecule has 3 atom stereocenters. The predicted octanol–water partition coefficient (Wildman–Crippen LogP) is 4.18. The molecule has 2 rings (SSSR count). The molecule has 1 aliphatic carbocycles. The van der Waals surface area contributed by atoms with E-state index in [4.69, 9.17) is 4.74 Å². The van der Waals surface area contributed by atoms with Crippen molar-refractivity contribution in [1.29, 1.82) is 0 Å². The molecule has 2 heteroatoms. The lowest BCUT2D eigenvalue weighted by Gasteiger charge is -2.32. The van der Waals surface area contributed by atoms with Crippen LogP contribution in [0.1, 0.15) is 51.5 Å². The van der Waals surface area contributed by atoms with E-state index in [1.54, 1.807) is 7.11 Å². The zero-order valence-electron chi connectivity index (χ0n) is 13.2. The van der Waals surface area contributed by atoms with Gasteiger partial charge in [0, 0.05) is 12.1 Å². The number of rotatable bonds is 6. The second kappa shape index (κ2) is 7.68. The minimum Gasteiger partial charge on any atom is -0.497 e. The van der Waals surface area contributed by atoms with Crippen LogP contribution in [0.3, 0.4) is 0 Å². The summed E-state index contributed by atoms with van der Waals surface area (Å²) < 4.78 is 5.19. The molecule has 112 valence electrons. The van der Waals surface area contributed by atoms with Gasteiger partial charge in [0.25, 0.3) is 0 Å². The van der Waals surface area contributed by atoms with Gasteiger partial charge >= 0.3 is 0 Å². The van der Waals surface area contributed by atoms with E-state index in [2.05, 4.69) is 43.4 Å². The second-order valence-electron chi connectivity index (χ2n) is 6.32. The SMILES string of the molecule is COc1ccc(CC[C@H](C)N[C@H]2CCCC[C@@H]2C)cc1. The van der Waals surface area contributed by atoms with Crippen LogP contribution >= 0.6 is 0 Å². The summed E-state index contributed by atoms with van der Waals surface area (Å²) in [6.45, 7) is 4.72. The first-order chi connectivity index (χ1) is 9.69. The molecule has 0 bridgehead atoms. The van der Waals surface area contributed by atoms with Gasteiger partial charge in [0.1, 0.15) is 5.75 Å². The Morgan fingerprint density at radius 2 is 1.90 bits per heavy atom. The van der Waals surface area contributed by atoms with Crippen molar-refractivity contribution in [2.24, 2.45) is 5.92 Å². The molecule has 0 unspecified atom stereocenters. The quantitative estimate of drug-likeness (QED) is 0.840. The highest BCUT2D eigenvalue weighted by atomic mass is 16.5. The summed E-state index contributed by atoms with van der Waals surface area (Å²) >= 11 is 0. The van der Waals surface area contributed by atoms with Crippen molar-refractivity contribution < 1.29 is 4.74 Å². The van der Waals surface area contributed by atoms with Gasteiger partial charge in [0.15, 0.2) is 0 Å². The standard InChI is InChI=1S/C18H29NO/c1-14-6-4-5-7-18(14)19-15(2)8-9-16-10-12-17(20-3)13-11-16/h10-15,18-19H,4-9H2,1-3H3/t14-,15-,18-/m0/s1. The maximum atomic E-state index is 5.19. The second-order valence-corrected chi connectivity index (χ2v) is 6.32. The maximum Gasteiger partial charge on any atom is 0.118 e. The van der Waals surface area contributed by atoms with Crippen LogP contribution in [0, 0.1) is 5.92 Å². The van der Waals surface area contributed by atoms with Crippen molar-refractivity contribution in [1.82, 2.24) is 5.32 Å².